The van der Waals surface area contributed by atoms with Gasteiger partial charge in [-0.25, -0.2) is 9.67 Å². The molecule has 0 atom stereocenters. The highest BCUT2D eigenvalue weighted by molar-refractivity contribution is 7.99. The molecule has 3 rings (SSSR count). The van der Waals surface area contributed by atoms with Crippen molar-refractivity contribution >= 4 is 23.4 Å². The number of carbonyl (C=O) groups excluding carboxylic acids is 1. The maximum absolute atomic E-state index is 12.3. The van der Waals surface area contributed by atoms with Crippen molar-refractivity contribution in [3.63, 3.8) is 0 Å². The first-order valence-corrected chi connectivity index (χ1v) is 7.82. The van der Waals surface area contributed by atoms with Crippen LogP contribution in [0.15, 0.2) is 66.0 Å². The molecule has 2 heterocycles. The fourth-order valence-corrected chi connectivity index (χ4v) is 2.49. The van der Waals surface area contributed by atoms with Crippen molar-refractivity contribution in [1.82, 2.24) is 14.8 Å². The van der Waals surface area contributed by atoms with E-state index < -0.39 is 5.76 Å². The van der Waals surface area contributed by atoms with Crippen molar-refractivity contribution in [3.8, 4) is 5.82 Å². The number of pyridine rings is 1. The number of thioether (sulfide) groups is 1. The second kappa shape index (κ2) is 7.22. The maximum atomic E-state index is 12.3. The third-order valence-corrected chi connectivity index (χ3v) is 3.81. The van der Waals surface area contributed by atoms with Gasteiger partial charge in [0, 0.05) is 22.9 Å². The summed E-state index contributed by atoms with van der Waals surface area (Å²) in [4.78, 5) is 16.8. The lowest BCUT2D eigenvalue weighted by atomic mass is 10.2. The van der Waals surface area contributed by atoms with E-state index >= 15 is 0 Å². The Bertz CT molecular complexity index is 805. The van der Waals surface area contributed by atoms with Crippen LogP contribution in [0.4, 0.5) is 14.5 Å². The molecule has 3 aromatic rings. The number of rotatable bonds is 5. The Kier molecular flexibility index (Phi) is 4.85. The average molecular weight is 346 g/mol. The van der Waals surface area contributed by atoms with Crippen molar-refractivity contribution in [2.75, 3.05) is 5.32 Å². The molecule has 5 nitrogen and oxygen atoms in total. The number of aromatic nitrogens is 3. The molecule has 24 heavy (non-hydrogen) atoms. The summed E-state index contributed by atoms with van der Waals surface area (Å²) in [5.41, 5.74) is 0.909. The van der Waals surface area contributed by atoms with Crippen molar-refractivity contribution in [1.29, 1.82) is 0 Å². The zero-order valence-electron chi connectivity index (χ0n) is 12.3. The standard InChI is InChI=1S/C16H12F2N4OS/c17-16(18)24-13-5-2-11(3-6-13)15(23)21-12-4-7-14(19-10-12)22-9-1-8-20-22/h1-10,16H,(H,21,23). The second-order valence-electron chi connectivity index (χ2n) is 4.71. The van der Waals surface area contributed by atoms with Crippen molar-refractivity contribution in [3.05, 3.63) is 66.6 Å². The van der Waals surface area contributed by atoms with Gasteiger partial charge in [-0.1, -0.05) is 11.8 Å². The fourth-order valence-electron chi connectivity index (χ4n) is 1.99. The van der Waals surface area contributed by atoms with Crippen LogP contribution in [0, 0.1) is 0 Å². The minimum Gasteiger partial charge on any atom is -0.321 e. The Morgan fingerprint density at radius 1 is 1.17 bits per heavy atom. The van der Waals surface area contributed by atoms with Crippen LogP contribution in [0.2, 0.25) is 0 Å². The van der Waals surface area contributed by atoms with Gasteiger partial charge < -0.3 is 5.32 Å². The summed E-state index contributed by atoms with van der Waals surface area (Å²) in [7, 11) is 0. The minimum atomic E-state index is -2.48. The number of halogens is 2. The van der Waals surface area contributed by atoms with E-state index in [1.807, 2.05) is 0 Å². The number of carbonyl (C=O) groups is 1. The van der Waals surface area contributed by atoms with Crippen molar-refractivity contribution < 1.29 is 13.6 Å². The van der Waals surface area contributed by atoms with Gasteiger partial charge in [-0.15, -0.1) is 0 Å². The van der Waals surface area contributed by atoms with E-state index in [0.717, 1.165) is 0 Å². The highest BCUT2D eigenvalue weighted by Crippen LogP contribution is 2.25. The highest BCUT2D eigenvalue weighted by atomic mass is 32.2. The fraction of sp³-hybridized carbons (Fsp3) is 0.0625. The summed E-state index contributed by atoms with van der Waals surface area (Å²) in [6, 6.07) is 11.2. The Balaban J connectivity index is 1.66. The van der Waals surface area contributed by atoms with E-state index in [9.17, 15) is 13.6 Å². The molecule has 0 saturated heterocycles. The first-order chi connectivity index (χ1) is 11.6. The van der Waals surface area contributed by atoms with Crippen LogP contribution >= 0.6 is 11.8 Å². The zero-order valence-corrected chi connectivity index (χ0v) is 13.1. The van der Waals surface area contributed by atoms with Gasteiger partial charge in [-0.3, -0.25) is 4.79 Å². The number of nitrogens with one attached hydrogen (secondary N) is 1. The van der Waals surface area contributed by atoms with Crippen molar-refractivity contribution in [2.45, 2.75) is 10.7 Å². The van der Waals surface area contributed by atoms with Gasteiger partial charge >= 0.3 is 0 Å². The van der Waals surface area contributed by atoms with Crippen LogP contribution < -0.4 is 5.32 Å². The van der Waals surface area contributed by atoms with Gasteiger partial charge in [-0.05, 0) is 42.5 Å². The average Bonchev–Trinajstić information content (AvgIpc) is 3.10. The number of nitrogens with zero attached hydrogens (tertiary/aromatic N) is 3. The molecule has 1 N–H and O–H groups in total. The quantitative estimate of drug-likeness (QED) is 0.713. The Hall–Kier alpha value is -2.74. The van der Waals surface area contributed by atoms with Crippen LogP contribution in [-0.4, -0.2) is 26.4 Å². The molecule has 2 aromatic heterocycles. The smallest absolute Gasteiger partial charge is 0.288 e. The predicted molar refractivity (Wildman–Crippen MR) is 87.6 cm³/mol. The third-order valence-electron chi connectivity index (χ3n) is 3.09. The lowest BCUT2D eigenvalue weighted by molar-refractivity contribution is 0.102. The highest BCUT2D eigenvalue weighted by Gasteiger charge is 2.09. The molecule has 0 unspecified atom stereocenters. The molecule has 0 saturated carbocycles. The minimum absolute atomic E-state index is 0.336. The molecule has 8 heteroatoms. The first-order valence-electron chi connectivity index (χ1n) is 6.94. The normalized spacial score (nSPS) is 10.8. The topological polar surface area (TPSA) is 59.8 Å². The Morgan fingerprint density at radius 3 is 2.54 bits per heavy atom. The van der Waals surface area contributed by atoms with E-state index in [0.29, 0.717) is 33.7 Å². The van der Waals surface area contributed by atoms with Gasteiger partial charge in [0.1, 0.15) is 0 Å². The molecule has 0 aliphatic rings. The number of amides is 1. The number of alkyl halides is 2. The molecule has 1 amide bonds. The first kappa shape index (κ1) is 16.1. The Labute approximate surface area is 140 Å². The molecule has 0 radical (unpaired) electrons. The van der Waals surface area contributed by atoms with Crippen LogP contribution in [-0.2, 0) is 0 Å². The molecular weight excluding hydrogens is 334 g/mol. The Morgan fingerprint density at radius 2 is 1.96 bits per heavy atom. The lowest BCUT2D eigenvalue weighted by Gasteiger charge is -2.07. The van der Waals surface area contributed by atoms with E-state index in [-0.39, 0.29) is 5.91 Å². The summed E-state index contributed by atoms with van der Waals surface area (Å²) in [5.74, 6) is -2.19. The molecule has 1 aromatic carbocycles. The number of anilines is 1. The summed E-state index contributed by atoms with van der Waals surface area (Å²) in [6.45, 7) is 0. The van der Waals surface area contributed by atoms with E-state index in [1.54, 1.807) is 35.3 Å². The number of hydrogen-bond donors (Lipinski definition) is 1. The molecule has 0 aliphatic heterocycles. The van der Waals surface area contributed by atoms with Gasteiger partial charge in [0.05, 0.1) is 11.9 Å². The maximum Gasteiger partial charge on any atom is 0.288 e. The van der Waals surface area contributed by atoms with E-state index in [2.05, 4.69) is 15.4 Å². The molecule has 0 bridgehead atoms. The van der Waals surface area contributed by atoms with Gasteiger partial charge in [0.2, 0.25) is 0 Å². The molecule has 0 aliphatic carbocycles. The predicted octanol–water partition coefficient (Wildman–Crippen LogP) is 3.83. The SMILES string of the molecule is O=C(Nc1ccc(-n2cccn2)nc1)c1ccc(SC(F)F)cc1. The van der Waals surface area contributed by atoms with Crippen LogP contribution in [0.25, 0.3) is 5.82 Å². The van der Waals surface area contributed by atoms with E-state index in [1.165, 1.54) is 30.5 Å². The van der Waals surface area contributed by atoms with Crippen molar-refractivity contribution in [2.24, 2.45) is 0 Å². The summed E-state index contributed by atoms with van der Waals surface area (Å²) in [6.07, 6.45) is 4.93. The molecule has 122 valence electrons. The second-order valence-corrected chi connectivity index (χ2v) is 5.78. The lowest BCUT2D eigenvalue weighted by Crippen LogP contribution is -2.12. The molecule has 0 fully saturated rings. The monoisotopic (exact) mass is 346 g/mol. The largest absolute Gasteiger partial charge is 0.321 e. The third kappa shape index (κ3) is 3.96. The molecule has 0 spiro atoms. The van der Waals surface area contributed by atoms with Gasteiger partial charge in [0.25, 0.3) is 11.7 Å². The van der Waals surface area contributed by atoms with Crippen LogP contribution in [0.3, 0.4) is 0 Å². The van der Waals surface area contributed by atoms with Crippen LogP contribution in [0.1, 0.15) is 10.4 Å². The molecular formula is C16H12F2N4OS. The number of hydrogen-bond acceptors (Lipinski definition) is 4. The van der Waals surface area contributed by atoms with Gasteiger partial charge in [-0.2, -0.15) is 13.9 Å². The summed E-state index contributed by atoms with van der Waals surface area (Å²) in [5, 5.41) is 6.77. The summed E-state index contributed by atoms with van der Waals surface area (Å²) >= 11 is 0.440. The summed E-state index contributed by atoms with van der Waals surface area (Å²) < 4.78 is 26.1. The zero-order chi connectivity index (χ0) is 16.9. The van der Waals surface area contributed by atoms with E-state index in [4.69, 9.17) is 0 Å². The van der Waals surface area contributed by atoms with Crippen LogP contribution in [0.5, 0.6) is 0 Å². The van der Waals surface area contributed by atoms with Gasteiger partial charge in [0.15, 0.2) is 5.82 Å². The number of benzene rings is 1.